The third kappa shape index (κ3) is 4.74. The molecule has 0 bridgehead atoms. The second-order valence-corrected chi connectivity index (χ2v) is 6.90. The van der Waals surface area contributed by atoms with Gasteiger partial charge in [-0.3, -0.25) is 14.3 Å². The molecular weight excluding hydrogens is 344 g/mol. The number of ether oxygens (including phenoxy) is 1. The number of hydrogen-bond donors (Lipinski definition) is 1. The van der Waals surface area contributed by atoms with Crippen molar-refractivity contribution in [1.29, 1.82) is 0 Å². The fourth-order valence-electron chi connectivity index (χ4n) is 3.55. The van der Waals surface area contributed by atoms with Crippen molar-refractivity contribution in [1.82, 2.24) is 14.7 Å². The molecule has 1 aliphatic heterocycles. The molecule has 3 rings (SSSR count). The van der Waals surface area contributed by atoms with Gasteiger partial charge in [0.1, 0.15) is 6.54 Å². The van der Waals surface area contributed by atoms with Crippen molar-refractivity contribution >= 4 is 11.8 Å². The highest BCUT2D eigenvalue weighted by molar-refractivity contribution is 5.95. The first-order valence-electron chi connectivity index (χ1n) is 9.29. The van der Waals surface area contributed by atoms with Gasteiger partial charge >= 0.3 is 0 Å². The molecule has 27 heavy (non-hydrogen) atoms. The standard InChI is InChI=1S/C20H26N4O3/c1-27-11-9-18-4-2-3-10-24(18)20(26)16-7-5-15(6-8-16)17-12-22-23(13-17)14-19(21)25/h5-8,12-13,18H,2-4,9-11,14H2,1H3,(H2,21,25). The minimum atomic E-state index is -0.435. The molecule has 2 amide bonds. The molecule has 1 unspecified atom stereocenters. The number of methoxy groups -OCH3 is 1. The number of nitrogens with two attached hydrogens (primary N) is 1. The molecule has 0 aliphatic carbocycles. The van der Waals surface area contributed by atoms with Crippen molar-refractivity contribution in [3.63, 3.8) is 0 Å². The molecule has 0 spiro atoms. The van der Waals surface area contributed by atoms with Crippen LogP contribution in [0.15, 0.2) is 36.7 Å². The Hall–Kier alpha value is -2.67. The summed E-state index contributed by atoms with van der Waals surface area (Å²) in [5.74, 6) is -0.359. The number of nitrogens with zero attached hydrogens (tertiary/aromatic N) is 3. The Bertz CT molecular complexity index is 785. The first-order chi connectivity index (χ1) is 13.1. The Balaban J connectivity index is 1.71. The second-order valence-electron chi connectivity index (χ2n) is 6.90. The van der Waals surface area contributed by atoms with Gasteiger partial charge in [-0.05, 0) is 43.4 Å². The van der Waals surface area contributed by atoms with E-state index in [1.807, 2.05) is 29.2 Å². The van der Waals surface area contributed by atoms with Gasteiger partial charge in [0.15, 0.2) is 0 Å². The molecule has 1 aromatic carbocycles. The van der Waals surface area contributed by atoms with E-state index in [9.17, 15) is 9.59 Å². The van der Waals surface area contributed by atoms with E-state index in [2.05, 4.69) is 5.10 Å². The normalized spacial score (nSPS) is 17.1. The Labute approximate surface area is 159 Å². The van der Waals surface area contributed by atoms with Crippen LogP contribution in [-0.2, 0) is 16.1 Å². The quantitative estimate of drug-likeness (QED) is 0.808. The monoisotopic (exact) mass is 370 g/mol. The topological polar surface area (TPSA) is 90.4 Å². The molecule has 0 radical (unpaired) electrons. The van der Waals surface area contributed by atoms with E-state index in [4.69, 9.17) is 10.5 Å². The van der Waals surface area contributed by atoms with Gasteiger partial charge in [-0.1, -0.05) is 12.1 Å². The van der Waals surface area contributed by atoms with E-state index in [1.54, 1.807) is 19.5 Å². The molecular formula is C20H26N4O3. The minimum absolute atomic E-state index is 0.0500. The molecule has 0 saturated carbocycles. The first-order valence-corrected chi connectivity index (χ1v) is 9.29. The van der Waals surface area contributed by atoms with Gasteiger partial charge in [-0.2, -0.15) is 5.10 Å². The summed E-state index contributed by atoms with van der Waals surface area (Å²) < 4.78 is 6.70. The summed E-state index contributed by atoms with van der Waals surface area (Å²) in [5.41, 5.74) is 7.70. The highest BCUT2D eigenvalue weighted by Gasteiger charge is 2.27. The molecule has 2 aromatic rings. The van der Waals surface area contributed by atoms with Crippen molar-refractivity contribution in [2.75, 3.05) is 20.3 Å². The Morgan fingerprint density at radius 3 is 2.70 bits per heavy atom. The van der Waals surface area contributed by atoms with Crippen molar-refractivity contribution < 1.29 is 14.3 Å². The number of benzene rings is 1. The lowest BCUT2D eigenvalue weighted by atomic mass is 9.98. The fourth-order valence-corrected chi connectivity index (χ4v) is 3.55. The average molecular weight is 370 g/mol. The van der Waals surface area contributed by atoms with Crippen LogP contribution in [0.1, 0.15) is 36.0 Å². The van der Waals surface area contributed by atoms with Gasteiger partial charge in [-0.25, -0.2) is 0 Å². The summed E-state index contributed by atoms with van der Waals surface area (Å²) in [4.78, 5) is 25.9. The molecule has 144 valence electrons. The van der Waals surface area contributed by atoms with Crippen LogP contribution in [0.4, 0.5) is 0 Å². The van der Waals surface area contributed by atoms with Crippen LogP contribution in [0.2, 0.25) is 0 Å². The van der Waals surface area contributed by atoms with Crippen molar-refractivity contribution in [2.24, 2.45) is 5.73 Å². The highest BCUT2D eigenvalue weighted by Crippen LogP contribution is 2.24. The SMILES string of the molecule is COCCC1CCCCN1C(=O)c1ccc(-c2cnn(CC(N)=O)c2)cc1. The zero-order valence-corrected chi connectivity index (χ0v) is 15.6. The first kappa shape index (κ1) is 19.1. The molecule has 1 fully saturated rings. The Morgan fingerprint density at radius 1 is 1.22 bits per heavy atom. The fraction of sp³-hybridized carbons (Fsp3) is 0.450. The largest absolute Gasteiger partial charge is 0.385 e. The summed E-state index contributed by atoms with van der Waals surface area (Å²) in [6.45, 7) is 1.52. The van der Waals surface area contributed by atoms with E-state index in [0.29, 0.717) is 12.2 Å². The zero-order chi connectivity index (χ0) is 19.2. The molecule has 7 nitrogen and oxygen atoms in total. The van der Waals surface area contributed by atoms with Crippen molar-refractivity contribution in [2.45, 2.75) is 38.3 Å². The lowest BCUT2D eigenvalue weighted by Gasteiger charge is -2.36. The number of hydrogen-bond acceptors (Lipinski definition) is 4. The summed E-state index contributed by atoms with van der Waals surface area (Å²) in [6.07, 6.45) is 7.57. The summed E-state index contributed by atoms with van der Waals surface area (Å²) >= 11 is 0. The lowest BCUT2D eigenvalue weighted by molar-refractivity contribution is -0.118. The van der Waals surface area contributed by atoms with E-state index in [1.165, 1.54) is 4.68 Å². The third-order valence-electron chi connectivity index (χ3n) is 4.96. The van der Waals surface area contributed by atoms with Gasteiger partial charge in [0.2, 0.25) is 5.91 Å². The van der Waals surface area contributed by atoms with Crippen molar-refractivity contribution in [3.05, 3.63) is 42.2 Å². The molecule has 1 aromatic heterocycles. The van der Waals surface area contributed by atoms with E-state index < -0.39 is 5.91 Å². The summed E-state index contributed by atoms with van der Waals surface area (Å²) in [7, 11) is 1.69. The zero-order valence-electron chi connectivity index (χ0n) is 15.6. The molecule has 1 saturated heterocycles. The maximum Gasteiger partial charge on any atom is 0.254 e. The van der Waals surface area contributed by atoms with Crippen LogP contribution in [0.25, 0.3) is 11.1 Å². The maximum atomic E-state index is 13.0. The number of primary amides is 1. The van der Waals surface area contributed by atoms with Gasteiger partial charge in [0, 0.05) is 43.6 Å². The molecule has 2 heterocycles. The number of carbonyl (C=O) groups is 2. The smallest absolute Gasteiger partial charge is 0.254 e. The number of carbonyl (C=O) groups excluding carboxylic acids is 2. The number of rotatable bonds is 7. The molecule has 7 heteroatoms. The van der Waals surface area contributed by atoms with Gasteiger partial charge < -0.3 is 15.4 Å². The number of aromatic nitrogens is 2. The predicted molar refractivity (Wildman–Crippen MR) is 102 cm³/mol. The molecule has 1 atom stereocenters. The van der Waals surface area contributed by atoms with Gasteiger partial charge in [0.05, 0.1) is 6.20 Å². The van der Waals surface area contributed by atoms with Crippen LogP contribution in [0.3, 0.4) is 0 Å². The molecule has 2 N–H and O–H groups in total. The Kier molecular flexibility index (Phi) is 6.24. The minimum Gasteiger partial charge on any atom is -0.385 e. The summed E-state index contributed by atoms with van der Waals surface area (Å²) in [6, 6.07) is 7.77. The molecule has 1 aliphatic rings. The van der Waals surface area contributed by atoms with Gasteiger partial charge in [0.25, 0.3) is 5.91 Å². The van der Waals surface area contributed by atoms with E-state index >= 15 is 0 Å². The van der Waals surface area contributed by atoms with Crippen LogP contribution in [-0.4, -0.2) is 52.8 Å². The van der Waals surface area contributed by atoms with Crippen LogP contribution in [0.5, 0.6) is 0 Å². The van der Waals surface area contributed by atoms with Crippen molar-refractivity contribution in [3.8, 4) is 11.1 Å². The Morgan fingerprint density at radius 2 is 2.00 bits per heavy atom. The number of likely N-dealkylation sites (tertiary alicyclic amines) is 1. The number of amides is 2. The van der Waals surface area contributed by atoms with E-state index in [0.717, 1.165) is 43.4 Å². The van der Waals surface area contributed by atoms with Crippen LogP contribution in [0, 0.1) is 0 Å². The average Bonchev–Trinajstić information content (AvgIpc) is 3.14. The maximum absolute atomic E-state index is 13.0. The van der Waals surface area contributed by atoms with Crippen LogP contribution < -0.4 is 5.73 Å². The van der Waals surface area contributed by atoms with E-state index in [-0.39, 0.29) is 18.5 Å². The highest BCUT2D eigenvalue weighted by atomic mass is 16.5. The van der Waals surface area contributed by atoms with Gasteiger partial charge in [-0.15, -0.1) is 0 Å². The second kappa shape index (κ2) is 8.81. The summed E-state index contributed by atoms with van der Waals surface area (Å²) in [5, 5.41) is 4.13. The predicted octanol–water partition coefficient (Wildman–Crippen LogP) is 2.07. The number of piperidine rings is 1. The lowest BCUT2D eigenvalue weighted by Crippen LogP contribution is -2.44. The third-order valence-corrected chi connectivity index (χ3v) is 4.96. The van der Waals surface area contributed by atoms with Crippen LogP contribution >= 0.6 is 0 Å².